The molecule has 0 spiro atoms. The molecular weight excluding hydrogens is 913 g/mol. The van der Waals surface area contributed by atoms with Crippen molar-refractivity contribution in [1.82, 2.24) is 0 Å². The van der Waals surface area contributed by atoms with Gasteiger partial charge >= 0.3 is 17.9 Å². The minimum Gasteiger partial charge on any atom is -0.462 e. The summed E-state index contributed by atoms with van der Waals surface area (Å²) in [7, 11) is 0. The molecule has 1 atom stereocenters. The van der Waals surface area contributed by atoms with Crippen molar-refractivity contribution in [2.24, 2.45) is 0 Å². The first-order valence-electron chi connectivity index (χ1n) is 31.6. The summed E-state index contributed by atoms with van der Waals surface area (Å²) in [6.45, 7) is 6.48. The molecular formula is C68H118O6. The molecule has 0 saturated carbocycles. The fraction of sp³-hybridized carbons (Fsp3) is 0.750. The van der Waals surface area contributed by atoms with Gasteiger partial charge in [-0.3, -0.25) is 14.4 Å². The Morgan fingerprint density at radius 1 is 0.284 bits per heavy atom. The zero-order valence-electron chi connectivity index (χ0n) is 48.8. The first-order chi connectivity index (χ1) is 36.5. The number of hydrogen-bond acceptors (Lipinski definition) is 6. The normalized spacial score (nSPS) is 12.6. The first kappa shape index (κ1) is 70.6. The van der Waals surface area contributed by atoms with Crippen LogP contribution in [0.25, 0.3) is 0 Å². The zero-order valence-corrected chi connectivity index (χ0v) is 48.8. The van der Waals surface area contributed by atoms with Crippen LogP contribution in [-0.2, 0) is 28.6 Å². The van der Waals surface area contributed by atoms with Gasteiger partial charge < -0.3 is 14.2 Å². The Bertz CT molecular complexity index is 1420. The lowest BCUT2D eigenvalue weighted by atomic mass is 10.0. The molecule has 0 radical (unpaired) electrons. The fourth-order valence-corrected chi connectivity index (χ4v) is 8.91. The number of unbranched alkanes of at least 4 members (excludes halogenated alkanes) is 32. The van der Waals surface area contributed by atoms with E-state index in [-0.39, 0.29) is 31.1 Å². The van der Waals surface area contributed by atoms with Crippen molar-refractivity contribution >= 4 is 17.9 Å². The van der Waals surface area contributed by atoms with Gasteiger partial charge in [-0.1, -0.05) is 279 Å². The maximum Gasteiger partial charge on any atom is 0.306 e. The number of ether oxygens (including phenoxy) is 3. The van der Waals surface area contributed by atoms with Crippen LogP contribution in [0, 0.1) is 0 Å². The van der Waals surface area contributed by atoms with Crippen LogP contribution < -0.4 is 0 Å². The molecule has 0 aliphatic carbocycles. The lowest BCUT2D eigenvalue weighted by molar-refractivity contribution is -0.167. The Kier molecular flexibility index (Phi) is 59.3. The van der Waals surface area contributed by atoms with Gasteiger partial charge in [0.1, 0.15) is 13.2 Å². The summed E-state index contributed by atoms with van der Waals surface area (Å²) >= 11 is 0. The Morgan fingerprint density at radius 3 is 0.838 bits per heavy atom. The van der Waals surface area contributed by atoms with Gasteiger partial charge in [-0.25, -0.2) is 0 Å². The van der Waals surface area contributed by atoms with E-state index in [1.54, 1.807) is 0 Å². The monoisotopic (exact) mass is 1030 g/mol. The van der Waals surface area contributed by atoms with Crippen molar-refractivity contribution in [2.45, 2.75) is 316 Å². The van der Waals surface area contributed by atoms with E-state index in [0.29, 0.717) is 19.3 Å². The highest BCUT2D eigenvalue weighted by Crippen LogP contribution is 2.16. The molecule has 0 rings (SSSR count). The van der Waals surface area contributed by atoms with Crippen LogP contribution in [0.5, 0.6) is 0 Å². The summed E-state index contributed by atoms with van der Waals surface area (Å²) in [5.41, 5.74) is 0. The standard InChI is InChI=1S/C68H118O6/c1-4-7-10-13-16-18-20-22-24-26-28-30-32-33-34-35-37-38-40-42-44-46-48-50-52-55-58-61-67(70)73-64-65(63-72-66(69)60-57-54-15-12-9-6-3)74-68(71)62-59-56-53-51-49-47-45-43-41-39-36-31-29-27-25-23-21-19-17-14-11-8-5-2/h7,10,16,18,22,24,27-30,33-34,37-38,65H,4-6,8-9,11-15,17,19-21,23,25-26,31-32,35-36,39-64H2,1-3H3/b10-7-,18-16-,24-22-,29-27-,30-28-,34-33-,38-37-. The van der Waals surface area contributed by atoms with E-state index in [1.807, 2.05) is 0 Å². The van der Waals surface area contributed by atoms with Gasteiger partial charge in [0.15, 0.2) is 6.10 Å². The van der Waals surface area contributed by atoms with E-state index in [4.69, 9.17) is 14.2 Å². The third-order valence-corrected chi connectivity index (χ3v) is 13.6. The molecule has 0 aromatic heterocycles. The van der Waals surface area contributed by atoms with Crippen LogP contribution in [0.3, 0.4) is 0 Å². The van der Waals surface area contributed by atoms with Crippen LogP contribution >= 0.6 is 0 Å². The zero-order chi connectivity index (χ0) is 53.6. The molecule has 0 fully saturated rings. The minimum atomic E-state index is -0.777. The average molecular weight is 1030 g/mol. The summed E-state index contributed by atoms with van der Waals surface area (Å²) in [5, 5.41) is 0. The van der Waals surface area contributed by atoms with E-state index in [1.165, 1.54) is 167 Å². The molecule has 0 amide bonds. The number of hydrogen-bond donors (Lipinski definition) is 0. The third-order valence-electron chi connectivity index (χ3n) is 13.6. The van der Waals surface area contributed by atoms with Crippen molar-refractivity contribution in [2.75, 3.05) is 13.2 Å². The van der Waals surface area contributed by atoms with E-state index < -0.39 is 6.10 Å². The van der Waals surface area contributed by atoms with Gasteiger partial charge in [-0.05, 0) is 96.3 Å². The Balaban J connectivity index is 4.12. The molecule has 0 heterocycles. The highest BCUT2D eigenvalue weighted by molar-refractivity contribution is 5.71. The van der Waals surface area contributed by atoms with Crippen LogP contribution in [-0.4, -0.2) is 37.2 Å². The molecule has 6 heteroatoms. The lowest BCUT2D eigenvalue weighted by Gasteiger charge is -2.18. The van der Waals surface area contributed by atoms with Crippen molar-refractivity contribution < 1.29 is 28.6 Å². The second kappa shape index (κ2) is 62.1. The quantitative estimate of drug-likeness (QED) is 0.0261. The number of rotatable bonds is 57. The van der Waals surface area contributed by atoms with E-state index in [2.05, 4.69) is 106 Å². The van der Waals surface area contributed by atoms with Gasteiger partial charge in [-0.15, -0.1) is 0 Å². The van der Waals surface area contributed by atoms with Crippen molar-refractivity contribution in [3.8, 4) is 0 Å². The number of esters is 3. The summed E-state index contributed by atoms with van der Waals surface area (Å²) in [6, 6.07) is 0. The van der Waals surface area contributed by atoms with Gasteiger partial charge in [0, 0.05) is 19.3 Å². The number of carbonyl (C=O) groups excluding carboxylic acids is 3. The summed E-state index contributed by atoms with van der Waals surface area (Å²) in [5.74, 6) is -0.887. The van der Waals surface area contributed by atoms with Crippen LogP contribution in [0.1, 0.15) is 310 Å². The van der Waals surface area contributed by atoms with E-state index in [9.17, 15) is 14.4 Å². The molecule has 0 aromatic rings. The molecule has 74 heavy (non-hydrogen) atoms. The van der Waals surface area contributed by atoms with Crippen LogP contribution in [0.2, 0.25) is 0 Å². The molecule has 1 unspecified atom stereocenters. The molecule has 0 saturated heterocycles. The highest BCUT2D eigenvalue weighted by Gasteiger charge is 2.19. The van der Waals surface area contributed by atoms with Gasteiger partial charge in [0.25, 0.3) is 0 Å². The molecule has 0 aliphatic heterocycles. The van der Waals surface area contributed by atoms with Gasteiger partial charge in [-0.2, -0.15) is 0 Å². The second-order valence-corrected chi connectivity index (χ2v) is 20.9. The maximum absolute atomic E-state index is 12.8. The van der Waals surface area contributed by atoms with Gasteiger partial charge in [0.05, 0.1) is 0 Å². The number of carbonyl (C=O) groups is 3. The summed E-state index contributed by atoms with van der Waals surface area (Å²) < 4.78 is 16.8. The van der Waals surface area contributed by atoms with Crippen LogP contribution in [0.4, 0.5) is 0 Å². The van der Waals surface area contributed by atoms with E-state index >= 15 is 0 Å². The molecule has 6 nitrogen and oxygen atoms in total. The smallest absolute Gasteiger partial charge is 0.306 e. The molecule has 0 aromatic carbocycles. The van der Waals surface area contributed by atoms with Crippen molar-refractivity contribution in [3.05, 3.63) is 85.1 Å². The Labute approximate surface area is 458 Å². The highest BCUT2D eigenvalue weighted by atomic mass is 16.6. The maximum atomic E-state index is 12.8. The first-order valence-corrected chi connectivity index (χ1v) is 31.6. The summed E-state index contributed by atoms with van der Waals surface area (Å²) in [4.78, 5) is 38.0. The SMILES string of the molecule is CC/C=C\C/C=C\C/C=C\C/C=C\C/C=C\C/C=C\CCCCCCCCCCC(=O)OCC(COC(=O)CCCCCCCC)OC(=O)CCCCCCCCCCCCC/C=C\CCCCCCCCCC. The average Bonchev–Trinajstić information content (AvgIpc) is 3.40. The van der Waals surface area contributed by atoms with Crippen molar-refractivity contribution in [1.29, 1.82) is 0 Å². The molecule has 0 N–H and O–H groups in total. The Morgan fingerprint density at radius 2 is 0.527 bits per heavy atom. The molecule has 0 bridgehead atoms. The molecule has 0 aliphatic rings. The van der Waals surface area contributed by atoms with Crippen molar-refractivity contribution in [3.63, 3.8) is 0 Å². The number of allylic oxidation sites excluding steroid dienone is 14. The van der Waals surface area contributed by atoms with E-state index in [0.717, 1.165) is 103 Å². The predicted molar refractivity (Wildman–Crippen MR) is 321 cm³/mol. The topological polar surface area (TPSA) is 78.9 Å². The van der Waals surface area contributed by atoms with Crippen LogP contribution in [0.15, 0.2) is 85.1 Å². The minimum absolute atomic E-state index is 0.0778. The van der Waals surface area contributed by atoms with Gasteiger partial charge in [0.2, 0.25) is 0 Å². The summed E-state index contributed by atoms with van der Waals surface area (Å²) in [6.07, 6.45) is 81.9. The third kappa shape index (κ3) is 59.5. The molecule has 426 valence electrons. The second-order valence-electron chi connectivity index (χ2n) is 20.9. The fourth-order valence-electron chi connectivity index (χ4n) is 8.91. The predicted octanol–water partition coefficient (Wildman–Crippen LogP) is 21.5. The largest absolute Gasteiger partial charge is 0.462 e. The lowest BCUT2D eigenvalue weighted by Crippen LogP contribution is -2.30. The Hall–Kier alpha value is -3.41.